The van der Waals surface area contributed by atoms with Gasteiger partial charge < -0.3 is 10.3 Å². The van der Waals surface area contributed by atoms with E-state index in [1.54, 1.807) is 12.4 Å². The van der Waals surface area contributed by atoms with Gasteiger partial charge in [-0.05, 0) is 13.0 Å². The Hall–Kier alpha value is -2.50. The topological polar surface area (TPSA) is 79.4 Å². The summed E-state index contributed by atoms with van der Waals surface area (Å²) in [5.74, 6) is 0.796. The first kappa shape index (κ1) is 10.6. The highest BCUT2D eigenvalue weighted by molar-refractivity contribution is 5.86. The standard InChI is InChI=1S/C12H12N6/c1-8-4-13-5-9(18-8)6-15-12-10-2-3-14-11(10)16-7-17-12/h2-5,7H,6H2,1H3,(H2,14,15,16,17). The van der Waals surface area contributed by atoms with E-state index in [9.17, 15) is 0 Å². The lowest BCUT2D eigenvalue weighted by Crippen LogP contribution is -2.05. The molecule has 6 nitrogen and oxygen atoms in total. The molecule has 0 atom stereocenters. The van der Waals surface area contributed by atoms with Crippen LogP contribution < -0.4 is 5.32 Å². The van der Waals surface area contributed by atoms with Crippen LogP contribution in [0.15, 0.2) is 31.0 Å². The van der Waals surface area contributed by atoms with Gasteiger partial charge in [-0.1, -0.05) is 0 Å². The first-order valence-electron chi connectivity index (χ1n) is 5.62. The molecule has 3 aromatic heterocycles. The molecule has 3 heterocycles. The van der Waals surface area contributed by atoms with Gasteiger partial charge in [0.25, 0.3) is 0 Å². The third-order valence-electron chi connectivity index (χ3n) is 2.60. The monoisotopic (exact) mass is 240 g/mol. The van der Waals surface area contributed by atoms with Crippen LogP contribution in [-0.2, 0) is 6.54 Å². The van der Waals surface area contributed by atoms with Gasteiger partial charge in [0.2, 0.25) is 0 Å². The van der Waals surface area contributed by atoms with Gasteiger partial charge in [-0.2, -0.15) is 0 Å². The van der Waals surface area contributed by atoms with Crippen LogP contribution in [0.2, 0.25) is 0 Å². The quantitative estimate of drug-likeness (QED) is 0.728. The second-order valence-corrected chi connectivity index (χ2v) is 3.97. The molecule has 18 heavy (non-hydrogen) atoms. The van der Waals surface area contributed by atoms with Crippen molar-refractivity contribution in [3.63, 3.8) is 0 Å². The number of aromatic nitrogens is 5. The third-order valence-corrected chi connectivity index (χ3v) is 2.60. The number of hydrogen-bond donors (Lipinski definition) is 2. The van der Waals surface area contributed by atoms with Gasteiger partial charge in [-0.3, -0.25) is 9.97 Å². The van der Waals surface area contributed by atoms with Gasteiger partial charge in [0.1, 0.15) is 17.8 Å². The van der Waals surface area contributed by atoms with Crippen molar-refractivity contribution in [1.29, 1.82) is 0 Å². The molecule has 0 aliphatic carbocycles. The van der Waals surface area contributed by atoms with E-state index >= 15 is 0 Å². The van der Waals surface area contributed by atoms with Crippen molar-refractivity contribution in [2.24, 2.45) is 0 Å². The smallest absolute Gasteiger partial charge is 0.142 e. The Morgan fingerprint density at radius 3 is 3.11 bits per heavy atom. The fourth-order valence-corrected chi connectivity index (χ4v) is 1.79. The molecule has 0 radical (unpaired) electrons. The van der Waals surface area contributed by atoms with Crippen LogP contribution >= 0.6 is 0 Å². The second kappa shape index (κ2) is 4.40. The fraction of sp³-hybridized carbons (Fsp3) is 0.167. The van der Waals surface area contributed by atoms with E-state index in [4.69, 9.17) is 0 Å². The van der Waals surface area contributed by atoms with Crippen LogP contribution in [0.5, 0.6) is 0 Å². The minimum atomic E-state index is 0.589. The molecule has 90 valence electrons. The summed E-state index contributed by atoms with van der Waals surface area (Å²) < 4.78 is 0. The van der Waals surface area contributed by atoms with Crippen molar-refractivity contribution < 1.29 is 0 Å². The summed E-state index contributed by atoms with van der Waals surface area (Å²) in [7, 11) is 0. The fourth-order valence-electron chi connectivity index (χ4n) is 1.79. The maximum absolute atomic E-state index is 4.38. The molecule has 0 saturated heterocycles. The number of nitrogens with one attached hydrogen (secondary N) is 2. The molecular weight excluding hydrogens is 228 g/mol. The van der Waals surface area contributed by atoms with E-state index in [1.807, 2.05) is 19.2 Å². The number of aryl methyl sites for hydroxylation is 1. The molecule has 0 aromatic carbocycles. The molecule has 0 unspecified atom stereocenters. The number of hydrogen-bond acceptors (Lipinski definition) is 5. The summed E-state index contributed by atoms with van der Waals surface area (Å²) in [5, 5.41) is 4.21. The number of fused-ring (bicyclic) bond motifs is 1. The molecule has 2 N–H and O–H groups in total. The molecule has 0 aliphatic heterocycles. The van der Waals surface area contributed by atoms with Gasteiger partial charge in [-0.25, -0.2) is 9.97 Å². The summed E-state index contributed by atoms with van der Waals surface area (Å²) in [4.78, 5) is 19.9. The van der Waals surface area contributed by atoms with Crippen LogP contribution in [0, 0.1) is 6.92 Å². The van der Waals surface area contributed by atoms with Crippen molar-refractivity contribution in [3.8, 4) is 0 Å². The van der Waals surface area contributed by atoms with Gasteiger partial charge in [0.05, 0.1) is 29.5 Å². The summed E-state index contributed by atoms with van der Waals surface area (Å²) >= 11 is 0. The zero-order chi connectivity index (χ0) is 12.4. The highest BCUT2D eigenvalue weighted by atomic mass is 15.0. The average molecular weight is 240 g/mol. The molecule has 0 saturated carbocycles. The Kier molecular flexibility index (Phi) is 2.60. The van der Waals surface area contributed by atoms with Crippen LogP contribution in [0.3, 0.4) is 0 Å². The number of rotatable bonds is 3. The Balaban J connectivity index is 1.83. The van der Waals surface area contributed by atoms with E-state index < -0.39 is 0 Å². The zero-order valence-electron chi connectivity index (χ0n) is 9.88. The van der Waals surface area contributed by atoms with Crippen LogP contribution in [0.4, 0.5) is 5.82 Å². The van der Waals surface area contributed by atoms with E-state index in [2.05, 4.69) is 30.2 Å². The molecule has 0 spiro atoms. The SMILES string of the molecule is Cc1cncc(CNc2ncnc3[nH]ccc23)n1. The lowest BCUT2D eigenvalue weighted by atomic mass is 10.3. The van der Waals surface area contributed by atoms with Crippen molar-refractivity contribution in [1.82, 2.24) is 24.9 Å². The zero-order valence-corrected chi connectivity index (χ0v) is 9.88. The summed E-state index contributed by atoms with van der Waals surface area (Å²) in [6.45, 7) is 2.51. The number of anilines is 1. The molecule has 0 bridgehead atoms. The molecular formula is C12H12N6. The Labute approximate surface area is 104 Å². The normalized spacial score (nSPS) is 10.7. The van der Waals surface area contributed by atoms with Gasteiger partial charge in [0.15, 0.2) is 0 Å². The Bertz CT molecular complexity index is 675. The van der Waals surface area contributed by atoms with Crippen LogP contribution in [0.25, 0.3) is 11.0 Å². The van der Waals surface area contributed by atoms with Crippen molar-refractivity contribution >= 4 is 16.9 Å². The Morgan fingerprint density at radius 1 is 1.28 bits per heavy atom. The molecule has 0 aliphatic rings. The average Bonchev–Trinajstić information content (AvgIpc) is 2.85. The minimum Gasteiger partial charge on any atom is -0.364 e. The van der Waals surface area contributed by atoms with E-state index in [-0.39, 0.29) is 0 Å². The van der Waals surface area contributed by atoms with Gasteiger partial charge >= 0.3 is 0 Å². The predicted molar refractivity (Wildman–Crippen MR) is 68.0 cm³/mol. The van der Waals surface area contributed by atoms with Gasteiger partial charge in [0, 0.05) is 12.4 Å². The van der Waals surface area contributed by atoms with Crippen molar-refractivity contribution in [2.45, 2.75) is 13.5 Å². The van der Waals surface area contributed by atoms with Crippen LogP contribution in [0.1, 0.15) is 11.4 Å². The summed E-state index contributed by atoms with van der Waals surface area (Å²) in [5.41, 5.74) is 2.61. The molecule has 6 heteroatoms. The Morgan fingerprint density at radius 2 is 2.22 bits per heavy atom. The van der Waals surface area contributed by atoms with E-state index in [0.717, 1.165) is 28.2 Å². The predicted octanol–water partition coefficient (Wildman–Crippen LogP) is 1.67. The summed E-state index contributed by atoms with van der Waals surface area (Å²) in [6, 6.07) is 1.94. The minimum absolute atomic E-state index is 0.589. The highest BCUT2D eigenvalue weighted by Crippen LogP contribution is 2.17. The number of nitrogens with zero attached hydrogens (tertiary/aromatic N) is 4. The second-order valence-electron chi connectivity index (χ2n) is 3.97. The first-order valence-corrected chi connectivity index (χ1v) is 5.62. The van der Waals surface area contributed by atoms with E-state index in [0.29, 0.717) is 6.54 Å². The summed E-state index contributed by atoms with van der Waals surface area (Å²) in [6.07, 6.45) is 6.86. The highest BCUT2D eigenvalue weighted by Gasteiger charge is 2.04. The molecule has 0 amide bonds. The third kappa shape index (κ3) is 2.00. The molecule has 3 aromatic rings. The lowest BCUT2D eigenvalue weighted by molar-refractivity contribution is 0.968. The molecule has 0 fully saturated rings. The number of H-pyrrole nitrogens is 1. The van der Waals surface area contributed by atoms with Crippen LogP contribution in [-0.4, -0.2) is 24.9 Å². The van der Waals surface area contributed by atoms with Crippen molar-refractivity contribution in [2.75, 3.05) is 5.32 Å². The lowest BCUT2D eigenvalue weighted by Gasteiger charge is -2.05. The van der Waals surface area contributed by atoms with E-state index in [1.165, 1.54) is 6.33 Å². The maximum atomic E-state index is 4.38. The van der Waals surface area contributed by atoms with Gasteiger partial charge in [-0.15, -0.1) is 0 Å². The maximum Gasteiger partial charge on any atom is 0.142 e. The number of aromatic amines is 1. The van der Waals surface area contributed by atoms with Crippen molar-refractivity contribution in [3.05, 3.63) is 42.4 Å². The molecule has 3 rings (SSSR count). The first-order chi connectivity index (χ1) is 8.83. The largest absolute Gasteiger partial charge is 0.364 e.